The normalized spacial score (nSPS) is 32.4. The van der Waals surface area contributed by atoms with Gasteiger partial charge in [0.25, 0.3) is 0 Å². The van der Waals surface area contributed by atoms with Crippen LogP contribution in [0.25, 0.3) is 11.1 Å². The number of benzene rings is 2. The van der Waals surface area contributed by atoms with Gasteiger partial charge in [-0.2, -0.15) is 22.0 Å². The van der Waals surface area contributed by atoms with Gasteiger partial charge >= 0.3 is 12.1 Å². The maximum absolute atomic E-state index is 15.1. The van der Waals surface area contributed by atoms with E-state index in [4.69, 9.17) is 0 Å². The SMILES string of the molecule is C[C@]12C[C@H](c3ccc(-c4ccc(S)cc4)cc3)C3=C4CCC(=O)C=C4CCC3C1CC[C@@]2(O)C(F)(F)C(F)(F)F. The number of alkyl halides is 5. The van der Waals surface area contributed by atoms with Crippen LogP contribution < -0.4 is 0 Å². The van der Waals surface area contributed by atoms with Gasteiger partial charge in [-0.15, -0.1) is 12.6 Å². The smallest absolute Gasteiger partial charge is 0.383 e. The molecular formula is C32H31F5O2S. The minimum absolute atomic E-state index is 0.0237. The Labute approximate surface area is 235 Å². The third-order valence-corrected chi connectivity index (χ3v) is 10.6. The molecule has 2 fully saturated rings. The summed E-state index contributed by atoms with van der Waals surface area (Å²) >= 11 is 4.33. The third kappa shape index (κ3) is 3.96. The molecule has 2 aromatic carbocycles. The lowest BCUT2D eigenvalue weighted by atomic mass is 9.50. The van der Waals surface area contributed by atoms with Gasteiger partial charge in [-0.1, -0.05) is 48.9 Å². The molecule has 0 saturated heterocycles. The van der Waals surface area contributed by atoms with Gasteiger partial charge in [-0.3, -0.25) is 4.79 Å². The number of halogens is 5. The van der Waals surface area contributed by atoms with Crippen molar-refractivity contribution in [2.24, 2.45) is 17.3 Å². The summed E-state index contributed by atoms with van der Waals surface area (Å²) in [6, 6.07) is 15.4. The molecule has 4 aliphatic carbocycles. The monoisotopic (exact) mass is 574 g/mol. The Morgan fingerprint density at radius 1 is 0.900 bits per heavy atom. The Hall–Kier alpha value is -2.45. The van der Waals surface area contributed by atoms with E-state index in [1.54, 1.807) is 6.08 Å². The van der Waals surface area contributed by atoms with Crippen LogP contribution in [0.3, 0.4) is 0 Å². The van der Waals surface area contributed by atoms with Crippen LogP contribution in [-0.2, 0) is 4.79 Å². The fourth-order valence-corrected chi connectivity index (χ4v) is 8.43. The van der Waals surface area contributed by atoms with Gasteiger partial charge in [0.1, 0.15) is 5.60 Å². The number of hydrogen-bond acceptors (Lipinski definition) is 3. The number of fused-ring (bicyclic) bond motifs is 4. The van der Waals surface area contributed by atoms with Crippen molar-refractivity contribution in [2.45, 2.75) is 80.4 Å². The van der Waals surface area contributed by atoms with Crippen molar-refractivity contribution < 1.29 is 31.9 Å². The summed E-state index contributed by atoms with van der Waals surface area (Å²) in [6.45, 7) is 1.45. The molecule has 0 aliphatic heterocycles. The van der Waals surface area contributed by atoms with Crippen LogP contribution >= 0.6 is 12.6 Å². The summed E-state index contributed by atoms with van der Waals surface area (Å²) in [6.07, 6.45) is -2.64. The number of allylic oxidation sites excluding steroid dienone is 4. The van der Waals surface area contributed by atoms with E-state index in [1.807, 2.05) is 48.5 Å². The van der Waals surface area contributed by atoms with Crippen molar-refractivity contribution in [3.05, 3.63) is 76.9 Å². The first-order valence-electron chi connectivity index (χ1n) is 13.8. The molecular weight excluding hydrogens is 543 g/mol. The van der Waals surface area contributed by atoms with E-state index in [1.165, 1.54) is 6.92 Å². The molecule has 0 bridgehead atoms. The van der Waals surface area contributed by atoms with E-state index >= 15 is 8.78 Å². The van der Waals surface area contributed by atoms with E-state index < -0.39 is 41.4 Å². The molecule has 40 heavy (non-hydrogen) atoms. The van der Waals surface area contributed by atoms with E-state index in [0.29, 0.717) is 25.7 Å². The zero-order valence-electron chi connectivity index (χ0n) is 22.1. The molecule has 4 aliphatic rings. The van der Waals surface area contributed by atoms with E-state index in [9.17, 15) is 23.1 Å². The summed E-state index contributed by atoms with van der Waals surface area (Å²) < 4.78 is 71.5. The largest absolute Gasteiger partial charge is 0.456 e. The van der Waals surface area contributed by atoms with Crippen LogP contribution in [0.5, 0.6) is 0 Å². The van der Waals surface area contributed by atoms with Crippen molar-refractivity contribution in [3.8, 4) is 11.1 Å². The summed E-state index contributed by atoms with van der Waals surface area (Å²) in [5.74, 6) is -6.36. The molecule has 0 radical (unpaired) electrons. The van der Waals surface area contributed by atoms with Gasteiger partial charge in [0.15, 0.2) is 5.78 Å². The number of ketones is 1. The number of carbonyl (C=O) groups is 1. The van der Waals surface area contributed by atoms with Gasteiger partial charge in [-0.25, -0.2) is 0 Å². The fraction of sp³-hybridized carbons (Fsp3) is 0.469. The number of aliphatic hydroxyl groups is 1. The molecule has 2 aromatic rings. The summed E-state index contributed by atoms with van der Waals surface area (Å²) in [5, 5.41) is 11.4. The Morgan fingerprint density at radius 3 is 2.15 bits per heavy atom. The summed E-state index contributed by atoms with van der Waals surface area (Å²) in [4.78, 5) is 13.0. The average molecular weight is 575 g/mol. The predicted octanol–water partition coefficient (Wildman–Crippen LogP) is 8.47. The molecule has 1 N–H and O–H groups in total. The van der Waals surface area contributed by atoms with Crippen molar-refractivity contribution in [3.63, 3.8) is 0 Å². The number of hydrogen-bond donors (Lipinski definition) is 2. The van der Waals surface area contributed by atoms with E-state index in [2.05, 4.69) is 12.6 Å². The second kappa shape index (κ2) is 9.28. The maximum Gasteiger partial charge on any atom is 0.456 e. The highest BCUT2D eigenvalue weighted by Crippen LogP contribution is 2.70. The van der Waals surface area contributed by atoms with Gasteiger partial charge in [0, 0.05) is 22.6 Å². The van der Waals surface area contributed by atoms with Crippen molar-refractivity contribution in [1.82, 2.24) is 0 Å². The number of rotatable bonds is 3. The Kier molecular flexibility index (Phi) is 6.43. The first-order valence-corrected chi connectivity index (χ1v) is 14.2. The van der Waals surface area contributed by atoms with Gasteiger partial charge in [0.05, 0.1) is 0 Å². The molecule has 0 spiro atoms. The van der Waals surface area contributed by atoms with Crippen molar-refractivity contribution in [1.29, 1.82) is 0 Å². The topological polar surface area (TPSA) is 37.3 Å². The molecule has 2 saturated carbocycles. The zero-order chi connectivity index (χ0) is 28.7. The van der Waals surface area contributed by atoms with Crippen LogP contribution in [0.2, 0.25) is 0 Å². The van der Waals surface area contributed by atoms with Crippen molar-refractivity contribution in [2.75, 3.05) is 0 Å². The van der Waals surface area contributed by atoms with Gasteiger partial charge in [-0.05, 0) is 96.4 Å². The summed E-state index contributed by atoms with van der Waals surface area (Å²) in [5.41, 5.74) is 0.984. The number of thiol groups is 1. The molecule has 0 amide bonds. The maximum atomic E-state index is 15.1. The van der Waals surface area contributed by atoms with Crippen LogP contribution in [0.1, 0.15) is 63.4 Å². The molecule has 8 heteroatoms. The second-order valence-electron chi connectivity index (χ2n) is 12.1. The summed E-state index contributed by atoms with van der Waals surface area (Å²) in [7, 11) is 0. The first-order chi connectivity index (χ1) is 18.8. The quantitative estimate of drug-likeness (QED) is 0.285. The Morgan fingerprint density at radius 2 is 1.52 bits per heavy atom. The fourth-order valence-electron chi connectivity index (χ4n) is 8.28. The van der Waals surface area contributed by atoms with E-state index in [-0.39, 0.29) is 24.5 Å². The molecule has 212 valence electrons. The molecule has 5 atom stereocenters. The van der Waals surface area contributed by atoms with Gasteiger partial charge in [0.2, 0.25) is 0 Å². The Bertz CT molecular complexity index is 1410. The molecule has 0 aromatic heterocycles. The number of carbonyl (C=O) groups excluding carboxylic acids is 1. The average Bonchev–Trinajstić information content (AvgIpc) is 3.19. The third-order valence-electron chi connectivity index (χ3n) is 10.3. The van der Waals surface area contributed by atoms with Crippen LogP contribution in [0.15, 0.2) is 76.2 Å². The van der Waals surface area contributed by atoms with Crippen LogP contribution in [0, 0.1) is 17.3 Å². The Balaban J connectivity index is 1.48. The lowest BCUT2D eigenvalue weighted by Crippen LogP contribution is -2.65. The molecule has 2 unspecified atom stereocenters. The van der Waals surface area contributed by atoms with Gasteiger partial charge < -0.3 is 5.11 Å². The minimum atomic E-state index is -5.86. The standard InChI is InChI=1S/C32H31F5O2S/c1-29-17-26(20-4-2-18(3-5-20)19-6-10-23(40)11-7-19)28-24-13-9-22(38)16-21(24)8-12-25(28)27(29)14-15-30(29,39)31(33,34)32(35,36)37/h2-7,10-11,16,25-27,39-40H,8-9,12-15,17H2,1H3/t25?,26-,27?,29+,30+/m1/s1. The highest BCUT2D eigenvalue weighted by Gasteiger charge is 2.79. The highest BCUT2D eigenvalue weighted by atomic mass is 32.1. The van der Waals surface area contributed by atoms with Crippen LogP contribution in [0.4, 0.5) is 22.0 Å². The first kappa shape index (κ1) is 27.7. The highest BCUT2D eigenvalue weighted by molar-refractivity contribution is 7.80. The van der Waals surface area contributed by atoms with E-state index in [0.717, 1.165) is 38.3 Å². The molecule has 0 heterocycles. The minimum Gasteiger partial charge on any atom is -0.383 e. The molecule has 2 nitrogen and oxygen atoms in total. The van der Waals surface area contributed by atoms with Crippen LogP contribution in [-0.4, -0.2) is 28.6 Å². The lowest BCUT2D eigenvalue weighted by Gasteiger charge is -2.56. The molecule has 6 rings (SSSR count). The predicted molar refractivity (Wildman–Crippen MR) is 145 cm³/mol. The lowest BCUT2D eigenvalue weighted by molar-refractivity contribution is -0.362. The second-order valence-corrected chi connectivity index (χ2v) is 12.7. The zero-order valence-corrected chi connectivity index (χ0v) is 23.0. The van der Waals surface area contributed by atoms with Crippen molar-refractivity contribution >= 4 is 18.4 Å².